The van der Waals surface area contributed by atoms with E-state index in [1.807, 2.05) is 43.5 Å². The molecule has 0 fully saturated rings. The maximum absolute atomic E-state index is 12.3. The van der Waals surface area contributed by atoms with Gasteiger partial charge in [-0.05, 0) is 48.9 Å². The first-order chi connectivity index (χ1) is 12.7. The summed E-state index contributed by atoms with van der Waals surface area (Å²) in [6.07, 6.45) is 3.59. The number of nitrogens with zero attached hydrogens (tertiary/aromatic N) is 2. The summed E-state index contributed by atoms with van der Waals surface area (Å²) in [5.74, 6) is 0.688. The van der Waals surface area contributed by atoms with Crippen LogP contribution in [0.15, 0.2) is 60.9 Å². The van der Waals surface area contributed by atoms with Gasteiger partial charge in [0.15, 0.2) is 11.5 Å². The average Bonchev–Trinajstić information content (AvgIpc) is 3.22. The Kier molecular flexibility index (Phi) is 5.53. The Morgan fingerprint density at radius 2 is 1.92 bits per heavy atom. The van der Waals surface area contributed by atoms with Crippen LogP contribution in [-0.2, 0) is 11.3 Å². The quantitative estimate of drug-likeness (QED) is 0.608. The number of hydrogen-bond donors (Lipinski definition) is 0. The van der Waals surface area contributed by atoms with Crippen molar-refractivity contribution in [2.75, 3.05) is 13.7 Å². The molecule has 0 radical (unpaired) electrons. The van der Waals surface area contributed by atoms with E-state index in [4.69, 9.17) is 14.2 Å². The highest BCUT2D eigenvalue weighted by molar-refractivity contribution is 5.90. The molecule has 6 heteroatoms. The van der Waals surface area contributed by atoms with Gasteiger partial charge in [-0.25, -0.2) is 9.48 Å². The van der Waals surface area contributed by atoms with E-state index in [2.05, 4.69) is 5.10 Å². The highest BCUT2D eigenvalue weighted by Gasteiger charge is 2.12. The van der Waals surface area contributed by atoms with Crippen molar-refractivity contribution in [1.82, 2.24) is 9.78 Å². The molecule has 134 valence electrons. The maximum atomic E-state index is 12.3. The molecule has 3 rings (SSSR count). The summed E-state index contributed by atoms with van der Waals surface area (Å²) in [4.78, 5) is 12.3. The lowest BCUT2D eigenvalue weighted by atomic mass is 10.2. The summed E-state index contributed by atoms with van der Waals surface area (Å²) in [7, 11) is 1.54. The summed E-state index contributed by atoms with van der Waals surface area (Å²) in [6, 6.07) is 14.5. The normalized spacial score (nSPS) is 10.4. The number of esters is 1. The molecule has 2 aromatic carbocycles. The highest BCUT2D eigenvalue weighted by atomic mass is 16.5. The molecule has 0 bridgehead atoms. The molecule has 26 heavy (non-hydrogen) atoms. The second-order valence-electron chi connectivity index (χ2n) is 5.49. The number of benzene rings is 2. The van der Waals surface area contributed by atoms with Gasteiger partial charge in [0, 0.05) is 12.4 Å². The van der Waals surface area contributed by atoms with Crippen LogP contribution in [0.25, 0.3) is 5.69 Å². The van der Waals surface area contributed by atoms with E-state index < -0.39 is 5.97 Å². The number of hydrogen-bond acceptors (Lipinski definition) is 5. The van der Waals surface area contributed by atoms with Gasteiger partial charge in [-0.2, -0.15) is 5.10 Å². The first-order valence-corrected chi connectivity index (χ1v) is 8.28. The summed E-state index contributed by atoms with van der Waals surface area (Å²) >= 11 is 0. The Balaban J connectivity index is 1.63. The number of ether oxygens (including phenoxy) is 3. The number of aromatic nitrogens is 2. The molecule has 0 N–H and O–H groups in total. The molecule has 0 spiro atoms. The molecule has 1 heterocycles. The summed E-state index contributed by atoms with van der Waals surface area (Å²) in [5, 5.41) is 4.18. The fraction of sp³-hybridized carbons (Fsp3) is 0.200. The van der Waals surface area contributed by atoms with Crippen LogP contribution in [0, 0.1) is 0 Å². The van der Waals surface area contributed by atoms with E-state index in [0.717, 1.165) is 11.3 Å². The monoisotopic (exact) mass is 352 g/mol. The minimum absolute atomic E-state index is 0.188. The van der Waals surface area contributed by atoms with Crippen LogP contribution in [-0.4, -0.2) is 29.5 Å². The van der Waals surface area contributed by atoms with Crippen LogP contribution in [0.4, 0.5) is 0 Å². The molecule has 0 aliphatic carbocycles. The third-order valence-electron chi connectivity index (χ3n) is 3.77. The van der Waals surface area contributed by atoms with Gasteiger partial charge >= 0.3 is 5.97 Å². The second-order valence-corrected chi connectivity index (χ2v) is 5.49. The van der Waals surface area contributed by atoms with E-state index in [1.54, 1.807) is 29.1 Å². The molecule has 0 atom stereocenters. The third kappa shape index (κ3) is 4.03. The van der Waals surface area contributed by atoms with E-state index in [1.165, 1.54) is 7.11 Å². The van der Waals surface area contributed by atoms with Crippen molar-refractivity contribution in [3.63, 3.8) is 0 Å². The smallest absolute Gasteiger partial charge is 0.338 e. The zero-order valence-corrected chi connectivity index (χ0v) is 14.7. The van der Waals surface area contributed by atoms with Crippen molar-refractivity contribution in [1.29, 1.82) is 0 Å². The topological polar surface area (TPSA) is 62.6 Å². The maximum Gasteiger partial charge on any atom is 0.338 e. The zero-order valence-electron chi connectivity index (χ0n) is 14.7. The van der Waals surface area contributed by atoms with Crippen LogP contribution < -0.4 is 9.47 Å². The molecule has 1 aromatic heterocycles. The van der Waals surface area contributed by atoms with Crippen LogP contribution in [0.1, 0.15) is 22.8 Å². The van der Waals surface area contributed by atoms with E-state index in [0.29, 0.717) is 23.7 Å². The molecule has 0 aliphatic heterocycles. The fourth-order valence-corrected chi connectivity index (χ4v) is 2.47. The van der Waals surface area contributed by atoms with Crippen LogP contribution in [0.5, 0.6) is 11.5 Å². The number of carbonyl (C=O) groups is 1. The first kappa shape index (κ1) is 17.5. The SMILES string of the molecule is CCOc1ccc(C(=O)OCc2ccc(-n3cccn3)cc2)cc1OC. The van der Waals surface area contributed by atoms with Crippen molar-refractivity contribution in [2.24, 2.45) is 0 Å². The minimum Gasteiger partial charge on any atom is -0.493 e. The number of methoxy groups -OCH3 is 1. The van der Waals surface area contributed by atoms with E-state index in [9.17, 15) is 4.79 Å². The molecule has 0 amide bonds. The van der Waals surface area contributed by atoms with Crippen molar-refractivity contribution >= 4 is 5.97 Å². The lowest BCUT2D eigenvalue weighted by molar-refractivity contribution is 0.0472. The lowest BCUT2D eigenvalue weighted by Crippen LogP contribution is -2.06. The van der Waals surface area contributed by atoms with Crippen LogP contribution >= 0.6 is 0 Å². The molecular formula is C20H20N2O4. The van der Waals surface area contributed by atoms with Gasteiger partial charge in [0.25, 0.3) is 0 Å². The Morgan fingerprint density at radius 3 is 2.58 bits per heavy atom. The molecule has 0 saturated heterocycles. The Morgan fingerprint density at radius 1 is 1.12 bits per heavy atom. The summed E-state index contributed by atoms with van der Waals surface area (Å²) < 4.78 is 17.9. The standard InChI is InChI=1S/C20H20N2O4/c1-3-25-18-10-7-16(13-19(18)24-2)20(23)26-14-15-5-8-17(9-6-15)22-12-4-11-21-22/h4-13H,3,14H2,1-2H3. The van der Waals surface area contributed by atoms with Gasteiger partial charge < -0.3 is 14.2 Å². The van der Waals surface area contributed by atoms with Gasteiger partial charge in [-0.1, -0.05) is 12.1 Å². The van der Waals surface area contributed by atoms with Gasteiger partial charge in [-0.3, -0.25) is 0 Å². The molecule has 0 aliphatic rings. The van der Waals surface area contributed by atoms with Crippen LogP contribution in [0.2, 0.25) is 0 Å². The second kappa shape index (κ2) is 8.20. The van der Waals surface area contributed by atoms with Crippen molar-refractivity contribution in [3.8, 4) is 17.2 Å². The van der Waals surface area contributed by atoms with Crippen molar-refractivity contribution in [3.05, 3.63) is 72.1 Å². The highest BCUT2D eigenvalue weighted by Crippen LogP contribution is 2.28. The Labute approximate surface area is 151 Å². The van der Waals surface area contributed by atoms with Crippen LogP contribution in [0.3, 0.4) is 0 Å². The molecular weight excluding hydrogens is 332 g/mol. The zero-order chi connectivity index (χ0) is 18.4. The first-order valence-electron chi connectivity index (χ1n) is 8.28. The van der Waals surface area contributed by atoms with E-state index in [-0.39, 0.29) is 6.61 Å². The summed E-state index contributed by atoms with van der Waals surface area (Å²) in [6.45, 7) is 2.60. The van der Waals surface area contributed by atoms with Gasteiger partial charge in [0.1, 0.15) is 6.61 Å². The number of rotatable bonds is 7. The third-order valence-corrected chi connectivity index (χ3v) is 3.77. The molecule has 0 saturated carbocycles. The Bertz CT molecular complexity index is 858. The minimum atomic E-state index is -0.414. The molecule has 3 aromatic rings. The van der Waals surface area contributed by atoms with Crippen molar-refractivity contribution in [2.45, 2.75) is 13.5 Å². The van der Waals surface area contributed by atoms with Gasteiger partial charge in [-0.15, -0.1) is 0 Å². The lowest BCUT2D eigenvalue weighted by Gasteiger charge is -2.11. The predicted molar refractivity (Wildman–Crippen MR) is 96.8 cm³/mol. The average molecular weight is 352 g/mol. The largest absolute Gasteiger partial charge is 0.493 e. The summed E-state index contributed by atoms with van der Waals surface area (Å²) in [5.41, 5.74) is 2.26. The Hall–Kier alpha value is -3.28. The molecule has 0 unspecified atom stereocenters. The molecule has 6 nitrogen and oxygen atoms in total. The fourth-order valence-electron chi connectivity index (χ4n) is 2.47. The van der Waals surface area contributed by atoms with Gasteiger partial charge in [0.05, 0.1) is 25.0 Å². The van der Waals surface area contributed by atoms with E-state index >= 15 is 0 Å². The van der Waals surface area contributed by atoms with Crippen molar-refractivity contribution < 1.29 is 19.0 Å². The predicted octanol–water partition coefficient (Wildman–Crippen LogP) is 3.64. The number of carbonyl (C=O) groups excluding carboxylic acids is 1. The van der Waals surface area contributed by atoms with Gasteiger partial charge in [0.2, 0.25) is 0 Å².